The molecule has 0 unspecified atom stereocenters. The highest BCUT2D eigenvalue weighted by molar-refractivity contribution is 7.84. The van der Waals surface area contributed by atoms with Crippen LogP contribution in [0.5, 0.6) is 0 Å². The molecule has 3 rings (SSSR count). The standard InChI is InChI=1S/C10H14N6O5S/c11-9-6-10(14-2-13-9)16(3-15-6)4-1-5(8(18)7(4)17)21-22(12,19)20/h2-5,7-8,17-18H,1H2,(H2,11,13,14)(H2,12,19,20)/t4-,5-,7+,8-/m1/s1. The van der Waals surface area contributed by atoms with Crippen molar-refractivity contribution in [3.05, 3.63) is 12.7 Å². The molecule has 2 aromatic heterocycles. The van der Waals surface area contributed by atoms with Crippen molar-refractivity contribution in [2.45, 2.75) is 30.8 Å². The Bertz CT molecular complexity index is 807. The maximum Gasteiger partial charge on any atom is 0.333 e. The molecular formula is C10H14N6O5S. The molecule has 0 aromatic carbocycles. The average molecular weight is 330 g/mol. The van der Waals surface area contributed by atoms with Crippen LogP contribution in [-0.2, 0) is 14.5 Å². The Labute approximate surface area is 124 Å². The van der Waals surface area contributed by atoms with Crippen LogP contribution in [0.25, 0.3) is 11.2 Å². The molecular weight excluding hydrogens is 316 g/mol. The van der Waals surface area contributed by atoms with Gasteiger partial charge in [-0.2, -0.15) is 8.42 Å². The number of aliphatic hydroxyl groups is 2. The highest BCUT2D eigenvalue weighted by atomic mass is 32.2. The molecule has 2 aromatic rings. The van der Waals surface area contributed by atoms with Gasteiger partial charge in [-0.15, -0.1) is 0 Å². The molecule has 120 valence electrons. The van der Waals surface area contributed by atoms with E-state index in [1.807, 2.05) is 0 Å². The minimum atomic E-state index is -4.25. The number of aliphatic hydroxyl groups excluding tert-OH is 2. The number of hydrogen-bond acceptors (Lipinski definition) is 9. The second kappa shape index (κ2) is 5.10. The van der Waals surface area contributed by atoms with Crippen molar-refractivity contribution in [2.24, 2.45) is 5.14 Å². The fourth-order valence-electron chi connectivity index (χ4n) is 2.62. The molecule has 4 atom stereocenters. The van der Waals surface area contributed by atoms with E-state index in [0.29, 0.717) is 11.2 Å². The maximum absolute atomic E-state index is 11.0. The third-order valence-corrected chi connectivity index (χ3v) is 4.12. The first-order valence-corrected chi connectivity index (χ1v) is 7.75. The van der Waals surface area contributed by atoms with Crippen molar-refractivity contribution >= 4 is 27.3 Å². The van der Waals surface area contributed by atoms with Gasteiger partial charge in [0, 0.05) is 6.42 Å². The zero-order valence-electron chi connectivity index (χ0n) is 11.1. The second-order valence-corrected chi connectivity index (χ2v) is 6.17. The van der Waals surface area contributed by atoms with E-state index in [2.05, 4.69) is 19.1 Å². The number of anilines is 1. The van der Waals surface area contributed by atoms with Crippen LogP contribution in [0.4, 0.5) is 5.82 Å². The number of nitrogens with zero attached hydrogens (tertiary/aromatic N) is 4. The van der Waals surface area contributed by atoms with Crippen molar-refractivity contribution in [2.75, 3.05) is 5.73 Å². The molecule has 6 N–H and O–H groups in total. The smallest absolute Gasteiger partial charge is 0.333 e. The minimum absolute atomic E-state index is 0.00807. The number of nitrogen functional groups attached to an aromatic ring is 1. The van der Waals surface area contributed by atoms with E-state index >= 15 is 0 Å². The van der Waals surface area contributed by atoms with Gasteiger partial charge < -0.3 is 20.5 Å². The van der Waals surface area contributed by atoms with E-state index in [-0.39, 0.29) is 12.2 Å². The van der Waals surface area contributed by atoms with E-state index in [1.165, 1.54) is 17.2 Å². The SMILES string of the molecule is Nc1ncnc2c1ncn2[C@@H]1C[C@@H](OS(N)(=O)=O)[C@@H](O)[C@H]1O. The Morgan fingerprint density at radius 3 is 2.68 bits per heavy atom. The summed E-state index contributed by atoms with van der Waals surface area (Å²) in [4.78, 5) is 11.9. The van der Waals surface area contributed by atoms with Crippen LogP contribution in [0.2, 0.25) is 0 Å². The normalized spacial score (nSPS) is 29.2. The lowest BCUT2D eigenvalue weighted by Gasteiger charge is -2.17. The highest BCUT2D eigenvalue weighted by Crippen LogP contribution is 2.35. The van der Waals surface area contributed by atoms with Crippen molar-refractivity contribution in [3.8, 4) is 0 Å². The van der Waals surface area contributed by atoms with Crippen LogP contribution < -0.4 is 10.9 Å². The fourth-order valence-corrected chi connectivity index (χ4v) is 3.16. The van der Waals surface area contributed by atoms with Gasteiger partial charge in [0.25, 0.3) is 0 Å². The van der Waals surface area contributed by atoms with E-state index in [0.717, 1.165) is 0 Å². The van der Waals surface area contributed by atoms with Gasteiger partial charge in [-0.3, -0.25) is 4.18 Å². The summed E-state index contributed by atoms with van der Waals surface area (Å²) < 4.78 is 28.1. The predicted molar refractivity (Wildman–Crippen MR) is 73.4 cm³/mol. The summed E-state index contributed by atoms with van der Waals surface area (Å²) in [7, 11) is -4.25. The van der Waals surface area contributed by atoms with E-state index in [4.69, 9.17) is 10.9 Å². The van der Waals surface area contributed by atoms with E-state index < -0.39 is 34.7 Å². The molecule has 22 heavy (non-hydrogen) atoms. The summed E-state index contributed by atoms with van der Waals surface area (Å²) in [6.45, 7) is 0. The summed E-state index contributed by atoms with van der Waals surface area (Å²) in [6.07, 6.45) is -1.22. The lowest BCUT2D eigenvalue weighted by molar-refractivity contribution is -0.0146. The molecule has 2 heterocycles. The average Bonchev–Trinajstić information content (AvgIpc) is 2.95. The van der Waals surface area contributed by atoms with Gasteiger partial charge in [-0.1, -0.05) is 0 Å². The lowest BCUT2D eigenvalue weighted by atomic mass is 10.2. The number of fused-ring (bicyclic) bond motifs is 1. The molecule has 12 heteroatoms. The first-order valence-electron chi connectivity index (χ1n) is 6.28. The summed E-state index contributed by atoms with van der Waals surface area (Å²) in [5.41, 5.74) is 6.39. The molecule has 0 aliphatic heterocycles. The van der Waals surface area contributed by atoms with E-state index in [9.17, 15) is 18.6 Å². The van der Waals surface area contributed by atoms with Crippen LogP contribution in [0.15, 0.2) is 12.7 Å². The zero-order valence-corrected chi connectivity index (χ0v) is 12.0. The topological polar surface area (TPSA) is 179 Å². The lowest BCUT2D eigenvalue weighted by Crippen LogP contribution is -2.35. The zero-order chi connectivity index (χ0) is 16.1. The van der Waals surface area contributed by atoms with Gasteiger partial charge in [0.1, 0.15) is 30.2 Å². The summed E-state index contributed by atoms with van der Waals surface area (Å²) in [6, 6.07) is -0.693. The first kappa shape index (κ1) is 15.1. The summed E-state index contributed by atoms with van der Waals surface area (Å²) >= 11 is 0. The van der Waals surface area contributed by atoms with Gasteiger partial charge in [0.15, 0.2) is 11.5 Å². The fraction of sp³-hybridized carbons (Fsp3) is 0.500. The molecule has 0 bridgehead atoms. The molecule has 1 aliphatic rings. The van der Waals surface area contributed by atoms with Crippen molar-refractivity contribution in [1.29, 1.82) is 0 Å². The van der Waals surface area contributed by atoms with Crippen molar-refractivity contribution < 1.29 is 22.8 Å². The Morgan fingerprint density at radius 2 is 2.00 bits per heavy atom. The van der Waals surface area contributed by atoms with Gasteiger partial charge in [-0.25, -0.2) is 20.1 Å². The largest absolute Gasteiger partial charge is 0.388 e. The van der Waals surface area contributed by atoms with E-state index in [1.54, 1.807) is 0 Å². The number of imidazole rings is 1. The Hall–Kier alpha value is -1.86. The third-order valence-electron chi connectivity index (χ3n) is 3.60. The number of rotatable bonds is 3. The van der Waals surface area contributed by atoms with Gasteiger partial charge >= 0.3 is 10.3 Å². The van der Waals surface area contributed by atoms with Gasteiger partial charge in [-0.05, 0) is 0 Å². The number of nitrogens with two attached hydrogens (primary N) is 2. The van der Waals surface area contributed by atoms with Crippen LogP contribution in [0, 0.1) is 0 Å². The minimum Gasteiger partial charge on any atom is -0.388 e. The Balaban J connectivity index is 1.96. The Kier molecular flexibility index (Phi) is 3.49. The number of aromatic nitrogens is 4. The van der Waals surface area contributed by atoms with Crippen molar-refractivity contribution in [1.82, 2.24) is 19.5 Å². The molecule has 0 saturated heterocycles. The van der Waals surface area contributed by atoms with Crippen LogP contribution >= 0.6 is 0 Å². The summed E-state index contributed by atoms with van der Waals surface area (Å²) in [5.74, 6) is 0.175. The molecule has 0 spiro atoms. The van der Waals surface area contributed by atoms with Crippen LogP contribution in [0.1, 0.15) is 12.5 Å². The van der Waals surface area contributed by atoms with Crippen molar-refractivity contribution in [3.63, 3.8) is 0 Å². The predicted octanol–water partition coefficient (Wildman–Crippen LogP) is -2.34. The first-order chi connectivity index (χ1) is 10.3. The monoisotopic (exact) mass is 330 g/mol. The Morgan fingerprint density at radius 1 is 1.27 bits per heavy atom. The molecule has 1 saturated carbocycles. The second-order valence-electron chi connectivity index (χ2n) is 4.99. The quantitative estimate of drug-likeness (QED) is 0.479. The third kappa shape index (κ3) is 2.50. The van der Waals surface area contributed by atoms with Gasteiger partial charge in [0.05, 0.1) is 12.4 Å². The molecule has 0 radical (unpaired) electrons. The maximum atomic E-state index is 11.0. The highest BCUT2D eigenvalue weighted by Gasteiger charge is 2.45. The van der Waals surface area contributed by atoms with Crippen LogP contribution in [0.3, 0.4) is 0 Å². The molecule has 1 fully saturated rings. The van der Waals surface area contributed by atoms with Gasteiger partial charge in [0.2, 0.25) is 0 Å². The molecule has 11 nitrogen and oxygen atoms in total. The summed E-state index contributed by atoms with van der Waals surface area (Å²) in [5, 5.41) is 24.9. The molecule has 0 amide bonds. The number of hydrogen-bond donors (Lipinski definition) is 4. The van der Waals surface area contributed by atoms with Crippen LogP contribution in [-0.4, -0.2) is 56.5 Å². The molecule has 1 aliphatic carbocycles.